The highest BCUT2D eigenvalue weighted by atomic mass is 32.2. The first-order valence-corrected chi connectivity index (χ1v) is 10.9. The highest BCUT2D eigenvalue weighted by Crippen LogP contribution is 2.33. The largest absolute Gasteiger partial charge is 0.495 e. The SMILES string of the molecule is COc1ccccc1-n1c(SCC(=O)Nc2nnc(C(C)C)o2)nc2cc([N+](=O)[O-])ccc21. The molecule has 2 heterocycles. The topological polar surface area (TPSA) is 138 Å². The van der Waals surface area contributed by atoms with Gasteiger partial charge in [-0.25, -0.2) is 4.98 Å². The fraction of sp³-hybridized carbons (Fsp3) is 0.238. The number of aromatic nitrogens is 4. The summed E-state index contributed by atoms with van der Waals surface area (Å²) in [4.78, 5) is 27.8. The molecule has 0 spiro atoms. The molecule has 0 bridgehead atoms. The van der Waals surface area contributed by atoms with Crippen molar-refractivity contribution in [2.75, 3.05) is 18.2 Å². The van der Waals surface area contributed by atoms with Crippen LogP contribution in [0.2, 0.25) is 0 Å². The number of non-ortho nitro benzene ring substituents is 1. The average Bonchev–Trinajstić information content (AvgIpc) is 3.41. The van der Waals surface area contributed by atoms with E-state index >= 15 is 0 Å². The van der Waals surface area contributed by atoms with Crippen molar-refractivity contribution in [3.63, 3.8) is 0 Å². The number of nitrogens with zero attached hydrogens (tertiary/aromatic N) is 5. The van der Waals surface area contributed by atoms with Crippen molar-refractivity contribution in [3.8, 4) is 11.4 Å². The first kappa shape index (κ1) is 22.3. The van der Waals surface area contributed by atoms with Crippen LogP contribution in [0.15, 0.2) is 52.0 Å². The Morgan fingerprint density at radius 1 is 1.27 bits per heavy atom. The molecule has 170 valence electrons. The summed E-state index contributed by atoms with van der Waals surface area (Å²) in [5, 5.41) is 22.0. The maximum absolute atomic E-state index is 12.5. The summed E-state index contributed by atoms with van der Waals surface area (Å²) < 4.78 is 12.7. The number of nitro groups is 1. The summed E-state index contributed by atoms with van der Waals surface area (Å²) in [7, 11) is 1.55. The Morgan fingerprint density at radius 3 is 2.76 bits per heavy atom. The van der Waals surface area contributed by atoms with Gasteiger partial charge in [0.15, 0.2) is 5.16 Å². The summed E-state index contributed by atoms with van der Waals surface area (Å²) in [5.41, 5.74) is 1.69. The lowest BCUT2D eigenvalue weighted by Gasteiger charge is -2.12. The van der Waals surface area contributed by atoms with Crippen molar-refractivity contribution in [2.24, 2.45) is 0 Å². The van der Waals surface area contributed by atoms with Crippen molar-refractivity contribution in [3.05, 3.63) is 58.5 Å². The van der Waals surface area contributed by atoms with E-state index in [2.05, 4.69) is 20.5 Å². The smallest absolute Gasteiger partial charge is 0.322 e. The number of benzene rings is 2. The van der Waals surface area contributed by atoms with Crippen LogP contribution in [-0.4, -0.2) is 43.4 Å². The maximum Gasteiger partial charge on any atom is 0.322 e. The van der Waals surface area contributed by atoms with Gasteiger partial charge in [0.1, 0.15) is 5.75 Å². The molecule has 1 amide bonds. The van der Waals surface area contributed by atoms with Crippen LogP contribution >= 0.6 is 11.8 Å². The fourth-order valence-electron chi connectivity index (χ4n) is 3.11. The molecule has 4 aromatic rings. The Labute approximate surface area is 192 Å². The van der Waals surface area contributed by atoms with Gasteiger partial charge in [0.05, 0.1) is 34.5 Å². The number of imidazole rings is 1. The van der Waals surface area contributed by atoms with Crippen molar-refractivity contribution in [1.82, 2.24) is 19.7 Å². The van der Waals surface area contributed by atoms with Gasteiger partial charge < -0.3 is 9.15 Å². The second-order valence-electron chi connectivity index (χ2n) is 7.27. The second kappa shape index (κ2) is 9.28. The number of amides is 1. The van der Waals surface area contributed by atoms with Gasteiger partial charge in [-0.3, -0.25) is 24.8 Å². The molecule has 0 atom stereocenters. The Morgan fingerprint density at radius 2 is 2.06 bits per heavy atom. The molecule has 0 radical (unpaired) electrons. The van der Waals surface area contributed by atoms with Gasteiger partial charge in [0, 0.05) is 18.1 Å². The number of ether oxygens (including phenoxy) is 1. The molecule has 33 heavy (non-hydrogen) atoms. The highest BCUT2D eigenvalue weighted by molar-refractivity contribution is 7.99. The van der Waals surface area contributed by atoms with Crippen molar-refractivity contribution >= 4 is 40.4 Å². The van der Waals surface area contributed by atoms with Crippen molar-refractivity contribution in [2.45, 2.75) is 24.9 Å². The number of thioether (sulfide) groups is 1. The van der Waals surface area contributed by atoms with Gasteiger partial charge in [-0.05, 0) is 18.2 Å². The molecule has 2 aromatic carbocycles. The minimum Gasteiger partial charge on any atom is -0.495 e. The van der Waals surface area contributed by atoms with Crippen LogP contribution in [0.1, 0.15) is 25.7 Å². The van der Waals surface area contributed by atoms with E-state index < -0.39 is 4.92 Å². The molecule has 0 saturated heterocycles. The van der Waals surface area contributed by atoms with E-state index in [1.165, 1.54) is 23.9 Å². The van der Waals surface area contributed by atoms with E-state index in [4.69, 9.17) is 9.15 Å². The van der Waals surface area contributed by atoms with E-state index in [-0.39, 0.29) is 29.3 Å². The number of methoxy groups -OCH3 is 1. The van der Waals surface area contributed by atoms with Gasteiger partial charge in [-0.15, -0.1) is 5.10 Å². The van der Waals surface area contributed by atoms with E-state index in [9.17, 15) is 14.9 Å². The van der Waals surface area contributed by atoms with E-state index in [0.717, 1.165) is 0 Å². The molecule has 11 nitrogen and oxygen atoms in total. The van der Waals surface area contributed by atoms with Crippen molar-refractivity contribution in [1.29, 1.82) is 0 Å². The summed E-state index contributed by atoms with van der Waals surface area (Å²) in [5.74, 6) is 0.705. The molecule has 4 rings (SSSR count). The quantitative estimate of drug-likeness (QED) is 0.229. The number of anilines is 1. The van der Waals surface area contributed by atoms with Crippen LogP contribution in [0.5, 0.6) is 5.75 Å². The number of carbonyl (C=O) groups is 1. The molecule has 2 aromatic heterocycles. The van der Waals surface area contributed by atoms with Crippen LogP contribution in [-0.2, 0) is 4.79 Å². The van der Waals surface area contributed by atoms with Gasteiger partial charge >= 0.3 is 6.01 Å². The minimum atomic E-state index is -0.475. The first-order valence-electron chi connectivity index (χ1n) is 9.93. The van der Waals surface area contributed by atoms with E-state index in [1.807, 2.05) is 32.0 Å². The molecule has 0 aliphatic heterocycles. The molecule has 12 heteroatoms. The van der Waals surface area contributed by atoms with Crippen LogP contribution in [0.25, 0.3) is 16.7 Å². The molecular weight excluding hydrogens is 448 g/mol. The zero-order chi connectivity index (χ0) is 23.5. The maximum atomic E-state index is 12.5. The number of hydrogen-bond acceptors (Lipinski definition) is 9. The Balaban J connectivity index is 1.65. The molecule has 1 N–H and O–H groups in total. The predicted molar refractivity (Wildman–Crippen MR) is 122 cm³/mol. The summed E-state index contributed by atoms with van der Waals surface area (Å²) in [6.07, 6.45) is 0. The normalized spacial score (nSPS) is 11.2. The zero-order valence-electron chi connectivity index (χ0n) is 18.0. The number of hydrogen-bond donors (Lipinski definition) is 1. The minimum absolute atomic E-state index is 0.0000435. The number of para-hydroxylation sites is 2. The van der Waals surface area contributed by atoms with Crippen LogP contribution in [0.3, 0.4) is 0 Å². The van der Waals surface area contributed by atoms with Crippen LogP contribution in [0, 0.1) is 10.1 Å². The lowest BCUT2D eigenvalue weighted by atomic mass is 10.2. The second-order valence-corrected chi connectivity index (χ2v) is 8.21. The molecular formula is C21H20N6O5S. The molecule has 0 aliphatic carbocycles. The van der Waals surface area contributed by atoms with E-state index in [0.29, 0.717) is 33.5 Å². The summed E-state index contributed by atoms with van der Waals surface area (Å²) >= 11 is 1.17. The highest BCUT2D eigenvalue weighted by Gasteiger charge is 2.20. The fourth-order valence-corrected chi connectivity index (χ4v) is 3.93. The van der Waals surface area contributed by atoms with Gasteiger partial charge in [-0.1, -0.05) is 42.8 Å². The summed E-state index contributed by atoms with van der Waals surface area (Å²) in [6, 6.07) is 11.8. The van der Waals surface area contributed by atoms with Gasteiger partial charge in [-0.2, -0.15) is 0 Å². The first-order chi connectivity index (χ1) is 15.9. The standard InChI is InChI=1S/C21H20N6O5S/c1-12(2)19-24-25-20(32-19)23-18(28)11-33-21-22-14-10-13(27(29)30)8-9-15(14)26(21)16-6-4-5-7-17(16)31-3/h4-10,12H,11H2,1-3H3,(H,23,25,28). The van der Waals surface area contributed by atoms with Crippen LogP contribution < -0.4 is 10.1 Å². The van der Waals surface area contributed by atoms with E-state index in [1.54, 1.807) is 23.8 Å². The Kier molecular flexibility index (Phi) is 6.27. The molecule has 0 saturated carbocycles. The number of nitrogens with one attached hydrogen (secondary N) is 1. The average molecular weight is 468 g/mol. The molecule has 0 unspecified atom stereocenters. The van der Waals surface area contributed by atoms with Crippen molar-refractivity contribution < 1.29 is 18.9 Å². The van der Waals surface area contributed by atoms with Gasteiger partial charge in [0.25, 0.3) is 5.69 Å². The third-order valence-corrected chi connectivity index (χ3v) is 5.60. The molecule has 0 aliphatic rings. The Bertz CT molecular complexity index is 1330. The number of carbonyl (C=O) groups excluding carboxylic acids is 1. The zero-order valence-corrected chi connectivity index (χ0v) is 18.8. The van der Waals surface area contributed by atoms with Crippen LogP contribution in [0.4, 0.5) is 11.7 Å². The lowest BCUT2D eigenvalue weighted by molar-refractivity contribution is -0.384. The Hall–Kier alpha value is -3.93. The number of rotatable bonds is 8. The third kappa shape index (κ3) is 4.65. The number of nitro benzene ring substituents is 1. The lowest BCUT2D eigenvalue weighted by Crippen LogP contribution is -2.14. The number of fused-ring (bicyclic) bond motifs is 1. The molecule has 0 fully saturated rings. The van der Waals surface area contributed by atoms with Gasteiger partial charge in [0.2, 0.25) is 11.8 Å². The summed E-state index contributed by atoms with van der Waals surface area (Å²) in [6.45, 7) is 3.81. The predicted octanol–water partition coefficient (Wildman–Crippen LogP) is 4.18. The third-order valence-electron chi connectivity index (χ3n) is 4.66. The monoisotopic (exact) mass is 468 g/mol.